The molecule has 1 aliphatic rings. The van der Waals surface area contributed by atoms with Gasteiger partial charge in [-0.2, -0.15) is 4.52 Å². The lowest BCUT2D eigenvalue weighted by atomic mass is 10.2. The van der Waals surface area contributed by atoms with Crippen LogP contribution in [0, 0.1) is 6.92 Å². The summed E-state index contributed by atoms with van der Waals surface area (Å²) in [5.74, 6) is 0.658. The molecule has 0 spiro atoms. The lowest BCUT2D eigenvalue weighted by Gasteiger charge is -2.15. The number of carbonyl (C=O) groups is 1. The number of nitrogens with zero attached hydrogens (tertiary/aromatic N) is 4. The van der Waals surface area contributed by atoms with E-state index in [1.165, 1.54) is 11.8 Å². The van der Waals surface area contributed by atoms with Gasteiger partial charge in [0.1, 0.15) is 5.82 Å². The van der Waals surface area contributed by atoms with Crippen molar-refractivity contribution >= 4 is 34.2 Å². The van der Waals surface area contributed by atoms with Gasteiger partial charge in [-0.25, -0.2) is 9.97 Å². The number of nitrogens with one attached hydrogen (secondary N) is 1. The van der Waals surface area contributed by atoms with Gasteiger partial charge in [-0.15, -0.1) is 5.10 Å². The number of hydrogen-bond acceptors (Lipinski definition) is 6. The predicted molar refractivity (Wildman–Crippen MR) is 100 cm³/mol. The number of carbonyl (C=O) groups excluding carboxylic acids is 1. The van der Waals surface area contributed by atoms with Crippen LogP contribution < -0.4 is 5.32 Å². The van der Waals surface area contributed by atoms with Crippen LogP contribution in [-0.4, -0.2) is 50.0 Å². The highest BCUT2D eigenvalue weighted by molar-refractivity contribution is 8.00. The fourth-order valence-electron chi connectivity index (χ4n) is 3.08. The van der Waals surface area contributed by atoms with Crippen molar-refractivity contribution in [3.63, 3.8) is 0 Å². The number of aromatic nitrogens is 4. The summed E-state index contributed by atoms with van der Waals surface area (Å²) in [6, 6.07) is 7.84. The van der Waals surface area contributed by atoms with Crippen LogP contribution in [0.5, 0.6) is 0 Å². The van der Waals surface area contributed by atoms with Gasteiger partial charge in [-0.1, -0.05) is 23.9 Å². The molecule has 0 bridgehead atoms. The summed E-state index contributed by atoms with van der Waals surface area (Å²) in [5.41, 5.74) is 1.62. The van der Waals surface area contributed by atoms with Crippen molar-refractivity contribution in [2.45, 2.75) is 43.2 Å². The number of ether oxygens (including phenoxy) is 1. The van der Waals surface area contributed by atoms with E-state index in [1.54, 1.807) is 4.52 Å². The van der Waals surface area contributed by atoms with Crippen LogP contribution in [0.1, 0.15) is 25.6 Å². The molecule has 0 radical (unpaired) electrons. The number of benzene rings is 1. The summed E-state index contributed by atoms with van der Waals surface area (Å²) < 4.78 is 7.28. The Balaban J connectivity index is 1.56. The van der Waals surface area contributed by atoms with E-state index in [9.17, 15) is 4.79 Å². The molecule has 1 aliphatic heterocycles. The Hall–Kier alpha value is -2.19. The van der Waals surface area contributed by atoms with Crippen molar-refractivity contribution in [2.75, 3.05) is 13.2 Å². The van der Waals surface area contributed by atoms with Gasteiger partial charge in [0.25, 0.3) is 0 Å². The average molecular weight is 371 g/mol. The van der Waals surface area contributed by atoms with E-state index in [4.69, 9.17) is 9.72 Å². The van der Waals surface area contributed by atoms with E-state index in [2.05, 4.69) is 15.4 Å². The Morgan fingerprint density at radius 3 is 3.08 bits per heavy atom. The Labute approximate surface area is 155 Å². The zero-order chi connectivity index (χ0) is 18.1. The van der Waals surface area contributed by atoms with Gasteiger partial charge in [0.05, 0.1) is 16.9 Å². The highest BCUT2D eigenvalue weighted by Gasteiger charge is 2.21. The quantitative estimate of drug-likeness (QED) is 0.548. The van der Waals surface area contributed by atoms with E-state index in [-0.39, 0.29) is 17.3 Å². The van der Waals surface area contributed by atoms with Crippen molar-refractivity contribution in [3.05, 3.63) is 30.1 Å². The molecule has 2 atom stereocenters. The Morgan fingerprint density at radius 2 is 2.27 bits per heavy atom. The smallest absolute Gasteiger partial charge is 0.233 e. The first-order valence-corrected chi connectivity index (χ1v) is 9.68. The molecule has 7 nitrogen and oxygen atoms in total. The number of rotatable bonds is 5. The number of thioether (sulfide) groups is 1. The monoisotopic (exact) mass is 371 g/mol. The van der Waals surface area contributed by atoms with Gasteiger partial charge < -0.3 is 10.1 Å². The normalized spacial score (nSPS) is 18.5. The largest absolute Gasteiger partial charge is 0.376 e. The molecule has 2 aromatic heterocycles. The third kappa shape index (κ3) is 3.39. The second-order valence-electron chi connectivity index (χ2n) is 6.45. The Morgan fingerprint density at radius 1 is 1.42 bits per heavy atom. The minimum absolute atomic E-state index is 0.0227. The summed E-state index contributed by atoms with van der Waals surface area (Å²) in [6.45, 7) is 5.08. The third-order valence-electron chi connectivity index (χ3n) is 4.43. The minimum Gasteiger partial charge on any atom is -0.376 e. The summed E-state index contributed by atoms with van der Waals surface area (Å²) in [5, 5.41) is 8.76. The van der Waals surface area contributed by atoms with Crippen LogP contribution in [0.15, 0.2) is 29.4 Å². The maximum absolute atomic E-state index is 12.4. The summed E-state index contributed by atoms with van der Waals surface area (Å²) >= 11 is 1.39. The molecule has 8 heteroatoms. The van der Waals surface area contributed by atoms with E-state index in [1.807, 2.05) is 38.1 Å². The molecule has 3 heterocycles. The van der Waals surface area contributed by atoms with Crippen molar-refractivity contribution < 1.29 is 9.53 Å². The van der Waals surface area contributed by atoms with Gasteiger partial charge in [0, 0.05) is 18.5 Å². The molecule has 1 N–H and O–H groups in total. The van der Waals surface area contributed by atoms with Crippen LogP contribution in [-0.2, 0) is 9.53 Å². The second-order valence-corrected chi connectivity index (χ2v) is 7.75. The van der Waals surface area contributed by atoms with Gasteiger partial charge in [0.2, 0.25) is 5.91 Å². The zero-order valence-corrected chi connectivity index (χ0v) is 15.6. The second kappa shape index (κ2) is 7.20. The number of fused-ring (bicyclic) bond motifs is 3. The topological polar surface area (TPSA) is 81.4 Å². The lowest BCUT2D eigenvalue weighted by molar-refractivity contribution is -0.120. The highest BCUT2D eigenvalue weighted by atomic mass is 32.2. The number of para-hydroxylation sites is 1. The van der Waals surface area contributed by atoms with E-state index in [0.29, 0.717) is 17.5 Å². The van der Waals surface area contributed by atoms with Crippen LogP contribution >= 0.6 is 11.8 Å². The SMILES string of the molecule is Cc1nc2c3ccccc3nc(S[C@H](C)C(=O)NC[C@@H]3CCCO3)n2n1. The molecule has 1 amide bonds. The molecule has 3 aromatic rings. The molecule has 136 valence electrons. The number of aryl methyl sites for hydroxylation is 1. The van der Waals surface area contributed by atoms with Crippen molar-refractivity contribution in [1.82, 2.24) is 24.9 Å². The zero-order valence-electron chi connectivity index (χ0n) is 14.8. The molecule has 1 fully saturated rings. The van der Waals surface area contributed by atoms with E-state index in [0.717, 1.165) is 36.0 Å². The molecule has 1 saturated heterocycles. The molecule has 26 heavy (non-hydrogen) atoms. The van der Waals surface area contributed by atoms with Gasteiger partial charge in [-0.05, 0) is 38.8 Å². The first kappa shape index (κ1) is 17.2. The standard InChI is InChI=1S/C18H21N5O2S/c1-11(17(24)19-10-13-6-5-9-25-13)26-18-21-15-8-4-3-7-14(15)16-20-12(2)22-23(16)18/h3-4,7-8,11,13H,5-6,9-10H2,1-2H3,(H,19,24)/t11-,13+/m1/s1. The van der Waals surface area contributed by atoms with Gasteiger partial charge in [-0.3, -0.25) is 4.79 Å². The predicted octanol–water partition coefficient (Wildman–Crippen LogP) is 2.36. The maximum atomic E-state index is 12.4. The fraction of sp³-hybridized carbons (Fsp3) is 0.444. The number of amides is 1. The third-order valence-corrected chi connectivity index (χ3v) is 5.48. The fourth-order valence-corrected chi connectivity index (χ4v) is 3.97. The summed E-state index contributed by atoms with van der Waals surface area (Å²) in [7, 11) is 0. The lowest BCUT2D eigenvalue weighted by Crippen LogP contribution is -2.36. The first-order chi connectivity index (χ1) is 12.6. The Bertz CT molecular complexity index is 951. The van der Waals surface area contributed by atoms with Crippen LogP contribution in [0.2, 0.25) is 0 Å². The highest BCUT2D eigenvalue weighted by Crippen LogP contribution is 2.26. The van der Waals surface area contributed by atoms with Crippen LogP contribution in [0.4, 0.5) is 0 Å². The average Bonchev–Trinajstić information content (AvgIpc) is 3.29. The summed E-state index contributed by atoms with van der Waals surface area (Å²) in [6.07, 6.45) is 2.21. The molecule has 0 unspecified atom stereocenters. The maximum Gasteiger partial charge on any atom is 0.233 e. The molecular formula is C18H21N5O2S. The van der Waals surface area contributed by atoms with Crippen molar-refractivity contribution in [3.8, 4) is 0 Å². The van der Waals surface area contributed by atoms with E-state index >= 15 is 0 Å². The van der Waals surface area contributed by atoms with Gasteiger partial charge in [0.15, 0.2) is 10.8 Å². The molecule has 0 aliphatic carbocycles. The van der Waals surface area contributed by atoms with E-state index < -0.39 is 0 Å². The van der Waals surface area contributed by atoms with Crippen molar-refractivity contribution in [2.24, 2.45) is 0 Å². The van der Waals surface area contributed by atoms with Crippen LogP contribution in [0.25, 0.3) is 16.6 Å². The Kier molecular flexibility index (Phi) is 4.78. The molecule has 0 saturated carbocycles. The van der Waals surface area contributed by atoms with Crippen molar-refractivity contribution in [1.29, 1.82) is 0 Å². The van der Waals surface area contributed by atoms with Gasteiger partial charge >= 0.3 is 0 Å². The molecule has 1 aromatic carbocycles. The minimum atomic E-state index is -0.294. The number of hydrogen-bond donors (Lipinski definition) is 1. The first-order valence-electron chi connectivity index (χ1n) is 8.80. The summed E-state index contributed by atoms with van der Waals surface area (Å²) in [4.78, 5) is 21.7. The van der Waals surface area contributed by atoms with Crippen LogP contribution in [0.3, 0.4) is 0 Å². The molecule has 4 rings (SSSR count). The molecular weight excluding hydrogens is 350 g/mol.